The maximum absolute atomic E-state index is 4.35. The molecule has 0 saturated carbocycles. The minimum atomic E-state index is 0. The molecule has 1 aromatic carbocycles. The van der Waals surface area contributed by atoms with Gasteiger partial charge in [-0.3, -0.25) is 4.99 Å². The number of aliphatic imine (C=N–C) groups is 1. The monoisotopic (exact) mass is 462 g/mol. The number of rotatable bonds is 6. The van der Waals surface area contributed by atoms with E-state index >= 15 is 0 Å². The Bertz CT molecular complexity index is 498. The third-order valence-electron chi connectivity index (χ3n) is 4.29. The molecular formula is C18H31IN4S. The Kier molecular flexibility index (Phi) is 10.1. The Hall–Kier alpha value is -0.470. The second-order valence-electron chi connectivity index (χ2n) is 6.36. The molecule has 1 heterocycles. The lowest BCUT2D eigenvalue weighted by Crippen LogP contribution is -2.43. The van der Waals surface area contributed by atoms with E-state index in [-0.39, 0.29) is 24.0 Å². The zero-order chi connectivity index (χ0) is 16.7. The lowest BCUT2D eigenvalue weighted by Gasteiger charge is -2.26. The molecule has 0 radical (unpaired) electrons. The van der Waals surface area contributed by atoms with Crippen LogP contribution in [0.25, 0.3) is 0 Å². The van der Waals surface area contributed by atoms with Gasteiger partial charge >= 0.3 is 0 Å². The lowest BCUT2D eigenvalue weighted by molar-refractivity contribution is 0.298. The van der Waals surface area contributed by atoms with Crippen molar-refractivity contribution in [2.45, 2.75) is 31.1 Å². The number of thioether (sulfide) groups is 1. The zero-order valence-corrected chi connectivity index (χ0v) is 18.4. The predicted molar refractivity (Wildman–Crippen MR) is 118 cm³/mol. The van der Waals surface area contributed by atoms with E-state index in [0.717, 1.165) is 24.3 Å². The van der Waals surface area contributed by atoms with E-state index in [4.69, 9.17) is 0 Å². The van der Waals surface area contributed by atoms with Crippen LogP contribution in [0.3, 0.4) is 0 Å². The number of guanidine groups is 1. The second-order valence-corrected chi connectivity index (χ2v) is 7.77. The fraction of sp³-hybridized carbons (Fsp3) is 0.611. The van der Waals surface area contributed by atoms with Crippen molar-refractivity contribution in [3.63, 3.8) is 0 Å². The Labute approximate surface area is 168 Å². The van der Waals surface area contributed by atoms with Crippen LogP contribution in [0.4, 0.5) is 0 Å². The summed E-state index contributed by atoms with van der Waals surface area (Å²) in [5, 5.41) is 7.67. The van der Waals surface area contributed by atoms with E-state index < -0.39 is 0 Å². The van der Waals surface area contributed by atoms with E-state index in [1.807, 2.05) is 7.05 Å². The Balaban J connectivity index is 0.00000288. The van der Waals surface area contributed by atoms with Crippen molar-refractivity contribution in [1.29, 1.82) is 0 Å². The second kappa shape index (κ2) is 11.2. The minimum Gasteiger partial charge on any atom is -0.355 e. The lowest BCUT2D eigenvalue weighted by atomic mass is 10.0. The van der Waals surface area contributed by atoms with Gasteiger partial charge in [0.1, 0.15) is 0 Å². The molecule has 0 bridgehead atoms. The summed E-state index contributed by atoms with van der Waals surface area (Å²) >= 11 is 2.07. The standard InChI is InChI=1S/C18H30N4S.HI/c1-14-7-9-15(10-8-14)17(22(3)4)13-21-18(19-2)20-12-16-6-5-11-23-16;/h7-10,16-17H,5-6,11-13H2,1-4H3,(H2,19,20,21);1H. The summed E-state index contributed by atoms with van der Waals surface area (Å²) in [4.78, 5) is 6.60. The van der Waals surface area contributed by atoms with Crippen LogP contribution in [0.5, 0.6) is 0 Å². The van der Waals surface area contributed by atoms with Crippen molar-refractivity contribution < 1.29 is 0 Å². The third-order valence-corrected chi connectivity index (χ3v) is 5.69. The van der Waals surface area contributed by atoms with Gasteiger partial charge in [0.2, 0.25) is 0 Å². The van der Waals surface area contributed by atoms with Gasteiger partial charge in [-0.2, -0.15) is 11.8 Å². The van der Waals surface area contributed by atoms with Crippen molar-refractivity contribution >= 4 is 41.7 Å². The molecule has 4 nitrogen and oxygen atoms in total. The average molecular weight is 462 g/mol. The normalized spacial score (nSPS) is 19.0. The number of hydrogen-bond donors (Lipinski definition) is 2. The van der Waals surface area contributed by atoms with Gasteiger partial charge in [-0.1, -0.05) is 29.8 Å². The molecular weight excluding hydrogens is 431 g/mol. The van der Waals surface area contributed by atoms with Crippen LogP contribution in [0.2, 0.25) is 0 Å². The first-order valence-electron chi connectivity index (χ1n) is 8.39. The molecule has 24 heavy (non-hydrogen) atoms. The van der Waals surface area contributed by atoms with Gasteiger partial charge in [-0.05, 0) is 45.2 Å². The fourth-order valence-electron chi connectivity index (χ4n) is 2.82. The zero-order valence-electron chi connectivity index (χ0n) is 15.2. The van der Waals surface area contributed by atoms with E-state index in [1.54, 1.807) is 0 Å². The van der Waals surface area contributed by atoms with Gasteiger partial charge in [0.15, 0.2) is 5.96 Å². The molecule has 2 N–H and O–H groups in total. The third kappa shape index (κ3) is 6.80. The van der Waals surface area contributed by atoms with Gasteiger partial charge in [0.05, 0.1) is 6.04 Å². The number of likely N-dealkylation sites (N-methyl/N-ethyl adjacent to an activating group) is 1. The molecule has 2 rings (SSSR count). The van der Waals surface area contributed by atoms with Gasteiger partial charge < -0.3 is 15.5 Å². The van der Waals surface area contributed by atoms with Crippen molar-refractivity contribution in [2.75, 3.05) is 40.0 Å². The molecule has 6 heteroatoms. The molecule has 0 aliphatic carbocycles. The Morgan fingerprint density at radius 2 is 2.00 bits per heavy atom. The number of nitrogens with zero attached hydrogens (tertiary/aromatic N) is 2. The first-order chi connectivity index (χ1) is 11.1. The van der Waals surface area contributed by atoms with E-state index in [2.05, 4.69) is 77.6 Å². The van der Waals surface area contributed by atoms with Crippen LogP contribution in [0.1, 0.15) is 30.0 Å². The minimum absolute atomic E-state index is 0. The predicted octanol–water partition coefficient (Wildman–Crippen LogP) is 3.28. The summed E-state index contributed by atoms with van der Waals surface area (Å²) in [6.45, 7) is 3.97. The van der Waals surface area contributed by atoms with Crippen LogP contribution in [-0.4, -0.2) is 56.1 Å². The van der Waals surface area contributed by atoms with Crippen molar-refractivity contribution in [3.8, 4) is 0 Å². The summed E-state index contributed by atoms with van der Waals surface area (Å²) in [5.41, 5.74) is 2.63. The Morgan fingerprint density at radius 1 is 1.29 bits per heavy atom. The largest absolute Gasteiger partial charge is 0.355 e. The number of nitrogens with one attached hydrogen (secondary N) is 2. The van der Waals surface area contributed by atoms with Crippen LogP contribution in [0.15, 0.2) is 29.3 Å². The molecule has 1 fully saturated rings. The highest BCUT2D eigenvalue weighted by Crippen LogP contribution is 2.25. The first-order valence-corrected chi connectivity index (χ1v) is 9.44. The maximum atomic E-state index is 4.35. The van der Waals surface area contributed by atoms with E-state index in [0.29, 0.717) is 6.04 Å². The number of halogens is 1. The smallest absolute Gasteiger partial charge is 0.191 e. The SMILES string of the molecule is CN=C(NCC1CCCS1)NCC(c1ccc(C)cc1)N(C)C.I. The molecule has 0 spiro atoms. The molecule has 2 atom stereocenters. The van der Waals surface area contributed by atoms with Gasteiger partial charge in [-0.25, -0.2) is 0 Å². The highest BCUT2D eigenvalue weighted by Gasteiger charge is 2.17. The topological polar surface area (TPSA) is 39.7 Å². The van der Waals surface area contributed by atoms with Gasteiger partial charge in [0.25, 0.3) is 0 Å². The summed E-state index contributed by atoms with van der Waals surface area (Å²) in [6.07, 6.45) is 2.66. The van der Waals surface area contributed by atoms with Crippen LogP contribution < -0.4 is 10.6 Å². The number of benzene rings is 1. The summed E-state index contributed by atoms with van der Waals surface area (Å²) in [6, 6.07) is 9.11. The highest BCUT2D eigenvalue weighted by atomic mass is 127. The summed E-state index contributed by atoms with van der Waals surface area (Å²) in [7, 11) is 6.09. The fourth-order valence-corrected chi connectivity index (χ4v) is 4.02. The van der Waals surface area contributed by atoms with Crippen LogP contribution in [-0.2, 0) is 0 Å². The van der Waals surface area contributed by atoms with Gasteiger partial charge in [-0.15, -0.1) is 24.0 Å². The molecule has 1 saturated heterocycles. The molecule has 0 aromatic heterocycles. The van der Waals surface area contributed by atoms with Crippen molar-refractivity contribution in [1.82, 2.24) is 15.5 Å². The van der Waals surface area contributed by atoms with Crippen LogP contribution in [0, 0.1) is 6.92 Å². The molecule has 0 amide bonds. The number of hydrogen-bond acceptors (Lipinski definition) is 3. The first kappa shape index (κ1) is 21.6. The van der Waals surface area contributed by atoms with Crippen molar-refractivity contribution in [3.05, 3.63) is 35.4 Å². The molecule has 1 aliphatic heterocycles. The maximum Gasteiger partial charge on any atom is 0.191 e. The quantitative estimate of drug-likeness (QED) is 0.387. The van der Waals surface area contributed by atoms with E-state index in [9.17, 15) is 0 Å². The highest BCUT2D eigenvalue weighted by molar-refractivity contribution is 14.0. The molecule has 1 aliphatic rings. The molecule has 2 unspecified atom stereocenters. The number of aryl methyl sites for hydroxylation is 1. The molecule has 1 aromatic rings. The average Bonchev–Trinajstić information content (AvgIpc) is 3.05. The molecule has 136 valence electrons. The summed E-state index contributed by atoms with van der Waals surface area (Å²) in [5.74, 6) is 2.20. The van der Waals surface area contributed by atoms with Gasteiger partial charge in [0, 0.05) is 25.4 Å². The van der Waals surface area contributed by atoms with E-state index in [1.165, 1.54) is 29.7 Å². The van der Waals surface area contributed by atoms with Crippen molar-refractivity contribution in [2.24, 2.45) is 4.99 Å². The summed E-state index contributed by atoms with van der Waals surface area (Å²) < 4.78 is 0. The van der Waals surface area contributed by atoms with Crippen LogP contribution >= 0.6 is 35.7 Å². The Morgan fingerprint density at radius 3 is 2.54 bits per heavy atom.